The topological polar surface area (TPSA) is 94.8 Å². The monoisotopic (exact) mass is 590 g/mol. The summed E-state index contributed by atoms with van der Waals surface area (Å²) >= 11 is 1.10. The molecular weight excluding hydrogens is 544 g/mol. The highest BCUT2D eigenvalue weighted by molar-refractivity contribution is 7.99. The number of hydrogen-bond donors (Lipinski definition) is 3. The van der Waals surface area contributed by atoms with Crippen molar-refractivity contribution in [3.8, 4) is 0 Å². The summed E-state index contributed by atoms with van der Waals surface area (Å²) in [4.78, 5) is 23.9. The van der Waals surface area contributed by atoms with Gasteiger partial charge >= 0.3 is 11.9 Å². The molecule has 0 bridgehead atoms. The standard InChI is InChI=1S/C36H46O5S/c37-33(36(40)41)34(42-32-27-19-18-26-31(32)35(38)39)30-25-17-16-24-29(30)23-15-10-8-6-4-2-1-3-5-7-9-12-20-28-21-13-11-14-22-28/h11,13-14,16-19,21-22,24-27,33-34,37H,1-10,12,15,20,23H2,(H,38,39)(H,40,41). The van der Waals surface area contributed by atoms with Crippen molar-refractivity contribution in [2.75, 3.05) is 0 Å². The molecular formula is C36H46O5S. The molecule has 0 aromatic heterocycles. The number of carboxylic acid groups (broad SMARTS) is 2. The lowest BCUT2D eigenvalue weighted by Crippen LogP contribution is -2.26. The fraction of sp³-hybridized carbons (Fsp3) is 0.444. The first kappa shape index (κ1) is 33.4. The molecule has 0 amide bonds. The maximum atomic E-state index is 11.8. The highest BCUT2D eigenvalue weighted by atomic mass is 32.2. The van der Waals surface area contributed by atoms with Crippen molar-refractivity contribution in [2.45, 2.75) is 106 Å². The van der Waals surface area contributed by atoms with Crippen LogP contribution in [0.4, 0.5) is 0 Å². The SMILES string of the molecule is O=C(O)c1ccccc1SC(c1ccccc1CCCCCCCCCCCCCCc1ccccc1)C(O)C(=O)O. The molecule has 0 fully saturated rings. The van der Waals surface area contributed by atoms with Crippen LogP contribution in [0.15, 0.2) is 83.8 Å². The average molecular weight is 591 g/mol. The zero-order chi connectivity index (χ0) is 30.0. The molecule has 3 aromatic rings. The van der Waals surface area contributed by atoms with E-state index in [4.69, 9.17) is 0 Å². The number of aromatic carboxylic acids is 1. The van der Waals surface area contributed by atoms with Crippen LogP contribution in [-0.2, 0) is 17.6 Å². The second-order valence-corrected chi connectivity index (χ2v) is 12.2. The van der Waals surface area contributed by atoms with Gasteiger partial charge in [-0.3, -0.25) is 0 Å². The Balaban J connectivity index is 1.35. The Morgan fingerprint density at radius 1 is 0.595 bits per heavy atom. The third-order valence-corrected chi connectivity index (χ3v) is 9.15. The largest absolute Gasteiger partial charge is 0.479 e. The van der Waals surface area contributed by atoms with Gasteiger partial charge in [0.2, 0.25) is 0 Å². The van der Waals surface area contributed by atoms with E-state index in [0.29, 0.717) is 4.90 Å². The average Bonchev–Trinajstić information content (AvgIpc) is 3.00. The van der Waals surface area contributed by atoms with Gasteiger partial charge in [0.05, 0.1) is 10.8 Å². The summed E-state index contributed by atoms with van der Waals surface area (Å²) in [6, 6.07) is 24.9. The molecule has 0 saturated carbocycles. The van der Waals surface area contributed by atoms with Crippen LogP contribution in [0.5, 0.6) is 0 Å². The predicted octanol–water partition coefficient (Wildman–Crippen LogP) is 9.13. The van der Waals surface area contributed by atoms with Crippen molar-refractivity contribution in [3.63, 3.8) is 0 Å². The molecule has 0 radical (unpaired) electrons. The van der Waals surface area contributed by atoms with Gasteiger partial charge in [0.1, 0.15) is 0 Å². The smallest absolute Gasteiger partial charge is 0.336 e. The third-order valence-electron chi connectivity index (χ3n) is 7.78. The Kier molecular flexibility index (Phi) is 15.2. The quantitative estimate of drug-likeness (QED) is 0.0846. The predicted molar refractivity (Wildman–Crippen MR) is 171 cm³/mol. The van der Waals surface area contributed by atoms with Gasteiger partial charge in [0, 0.05) is 4.90 Å². The molecule has 0 aliphatic carbocycles. The van der Waals surface area contributed by atoms with E-state index in [9.17, 15) is 24.9 Å². The van der Waals surface area contributed by atoms with E-state index in [1.165, 1.54) is 82.3 Å². The van der Waals surface area contributed by atoms with Gasteiger partial charge in [-0.05, 0) is 54.5 Å². The molecule has 0 aliphatic heterocycles. The fourth-order valence-electron chi connectivity index (χ4n) is 5.41. The van der Waals surface area contributed by atoms with E-state index < -0.39 is 23.3 Å². The Hall–Kier alpha value is -3.09. The molecule has 0 heterocycles. The number of aliphatic hydroxyl groups excluding tert-OH is 1. The number of aliphatic hydroxyl groups is 1. The summed E-state index contributed by atoms with van der Waals surface area (Å²) in [5.41, 5.74) is 3.30. The van der Waals surface area contributed by atoms with Crippen LogP contribution in [0, 0.1) is 0 Å². The van der Waals surface area contributed by atoms with Gasteiger partial charge in [-0.1, -0.05) is 131 Å². The van der Waals surface area contributed by atoms with Gasteiger partial charge in [0.25, 0.3) is 0 Å². The summed E-state index contributed by atoms with van der Waals surface area (Å²) in [7, 11) is 0. The zero-order valence-electron chi connectivity index (χ0n) is 24.6. The summed E-state index contributed by atoms with van der Waals surface area (Å²) in [6.07, 6.45) is 15.4. The van der Waals surface area contributed by atoms with Crippen LogP contribution < -0.4 is 0 Å². The van der Waals surface area contributed by atoms with Crippen molar-refractivity contribution in [3.05, 3.63) is 101 Å². The molecule has 2 atom stereocenters. The maximum Gasteiger partial charge on any atom is 0.336 e. The Labute approximate surface area is 255 Å². The fourth-order valence-corrected chi connectivity index (χ4v) is 6.72. The zero-order valence-corrected chi connectivity index (χ0v) is 25.4. The molecule has 3 aromatic carbocycles. The van der Waals surface area contributed by atoms with Crippen LogP contribution >= 0.6 is 11.8 Å². The van der Waals surface area contributed by atoms with Crippen LogP contribution in [0.1, 0.15) is 109 Å². The number of thioether (sulfide) groups is 1. The maximum absolute atomic E-state index is 11.8. The normalized spacial score (nSPS) is 12.6. The summed E-state index contributed by atoms with van der Waals surface area (Å²) < 4.78 is 0. The minimum atomic E-state index is -1.66. The molecule has 0 aliphatic rings. The van der Waals surface area contributed by atoms with Crippen LogP contribution in [0.25, 0.3) is 0 Å². The van der Waals surface area contributed by atoms with Crippen molar-refractivity contribution < 1.29 is 24.9 Å². The minimum absolute atomic E-state index is 0.0985. The van der Waals surface area contributed by atoms with E-state index >= 15 is 0 Å². The second-order valence-electron chi connectivity index (χ2n) is 11.0. The number of hydrogen-bond acceptors (Lipinski definition) is 4. The van der Waals surface area contributed by atoms with Gasteiger partial charge < -0.3 is 15.3 Å². The van der Waals surface area contributed by atoms with Gasteiger partial charge in [-0.15, -0.1) is 11.8 Å². The van der Waals surface area contributed by atoms with Crippen molar-refractivity contribution >= 4 is 23.7 Å². The number of unbranched alkanes of at least 4 members (excludes halogenated alkanes) is 11. The number of aryl methyl sites for hydroxylation is 2. The van der Waals surface area contributed by atoms with Crippen LogP contribution in [-0.4, -0.2) is 33.4 Å². The van der Waals surface area contributed by atoms with Crippen LogP contribution in [0.2, 0.25) is 0 Å². The lowest BCUT2D eigenvalue weighted by atomic mass is 9.96. The van der Waals surface area contributed by atoms with Gasteiger partial charge in [-0.2, -0.15) is 0 Å². The van der Waals surface area contributed by atoms with Crippen molar-refractivity contribution in [1.29, 1.82) is 0 Å². The Morgan fingerprint density at radius 3 is 1.69 bits per heavy atom. The first-order valence-corrected chi connectivity index (χ1v) is 16.4. The molecule has 6 heteroatoms. The molecule has 5 nitrogen and oxygen atoms in total. The van der Waals surface area contributed by atoms with Crippen molar-refractivity contribution in [2.24, 2.45) is 0 Å². The number of rotatable bonds is 21. The lowest BCUT2D eigenvalue weighted by molar-refractivity contribution is -0.146. The van der Waals surface area contributed by atoms with E-state index in [2.05, 4.69) is 30.3 Å². The molecule has 226 valence electrons. The second kappa shape index (κ2) is 19.2. The number of carbonyl (C=O) groups is 2. The summed E-state index contributed by atoms with van der Waals surface area (Å²) in [5, 5.41) is 29.0. The number of aliphatic carboxylic acids is 1. The first-order valence-electron chi connectivity index (χ1n) is 15.5. The molecule has 2 unspecified atom stereocenters. The van der Waals surface area contributed by atoms with E-state index in [1.807, 2.05) is 24.3 Å². The summed E-state index contributed by atoms with van der Waals surface area (Å²) in [6.45, 7) is 0. The minimum Gasteiger partial charge on any atom is -0.479 e. The van der Waals surface area contributed by atoms with Crippen LogP contribution in [0.3, 0.4) is 0 Å². The highest BCUT2D eigenvalue weighted by Gasteiger charge is 2.31. The van der Waals surface area contributed by atoms with Gasteiger partial charge in [0.15, 0.2) is 6.10 Å². The third kappa shape index (κ3) is 11.7. The lowest BCUT2D eigenvalue weighted by Gasteiger charge is -2.23. The highest BCUT2D eigenvalue weighted by Crippen LogP contribution is 2.41. The van der Waals surface area contributed by atoms with E-state index in [0.717, 1.165) is 42.2 Å². The van der Waals surface area contributed by atoms with E-state index in [-0.39, 0.29) is 5.56 Å². The molecule has 3 N–H and O–H groups in total. The number of carboxylic acids is 2. The Bertz CT molecular complexity index is 1210. The molecule has 3 rings (SSSR count). The Morgan fingerprint density at radius 2 is 1.10 bits per heavy atom. The van der Waals surface area contributed by atoms with E-state index in [1.54, 1.807) is 18.2 Å². The number of benzene rings is 3. The molecule has 42 heavy (non-hydrogen) atoms. The summed E-state index contributed by atoms with van der Waals surface area (Å²) in [5.74, 6) is -2.40. The van der Waals surface area contributed by atoms with Gasteiger partial charge in [-0.25, -0.2) is 9.59 Å². The first-order chi connectivity index (χ1) is 20.5. The van der Waals surface area contributed by atoms with Crippen molar-refractivity contribution in [1.82, 2.24) is 0 Å². The molecule has 0 saturated heterocycles. The molecule has 0 spiro atoms.